The van der Waals surface area contributed by atoms with Gasteiger partial charge < -0.3 is 19.7 Å². The molecule has 1 aliphatic heterocycles. The van der Waals surface area contributed by atoms with Crippen molar-refractivity contribution in [2.75, 3.05) is 26.8 Å². The molecule has 1 aromatic rings. The molecule has 2 rings (SSSR count). The Bertz CT molecular complexity index is 522. The van der Waals surface area contributed by atoms with Gasteiger partial charge in [-0.3, -0.25) is 4.79 Å². The van der Waals surface area contributed by atoms with Crippen molar-refractivity contribution in [3.8, 4) is 11.5 Å². The van der Waals surface area contributed by atoms with E-state index in [1.165, 1.54) is 0 Å². The van der Waals surface area contributed by atoms with Crippen molar-refractivity contribution in [1.29, 1.82) is 0 Å². The van der Waals surface area contributed by atoms with Crippen molar-refractivity contribution in [2.24, 2.45) is 0 Å². The van der Waals surface area contributed by atoms with Crippen LogP contribution in [0.25, 0.3) is 0 Å². The average Bonchev–Trinajstić information content (AvgIpc) is 2.51. The summed E-state index contributed by atoms with van der Waals surface area (Å²) in [6, 6.07) is 3.48. The highest BCUT2D eigenvalue weighted by molar-refractivity contribution is 6.32. The lowest BCUT2D eigenvalue weighted by atomic mass is 10.1. The first kappa shape index (κ1) is 15.9. The summed E-state index contributed by atoms with van der Waals surface area (Å²) >= 11 is 6.19. The van der Waals surface area contributed by atoms with Crippen LogP contribution in [0, 0.1) is 0 Å². The van der Waals surface area contributed by atoms with Crippen molar-refractivity contribution >= 4 is 17.5 Å². The van der Waals surface area contributed by atoms with E-state index in [1.54, 1.807) is 11.9 Å². The van der Waals surface area contributed by atoms with Crippen molar-refractivity contribution < 1.29 is 14.3 Å². The van der Waals surface area contributed by atoms with Crippen LogP contribution >= 0.6 is 11.6 Å². The first-order chi connectivity index (χ1) is 10.0. The highest BCUT2D eigenvalue weighted by Gasteiger charge is 2.18. The van der Waals surface area contributed by atoms with Crippen LogP contribution in [0.4, 0.5) is 0 Å². The molecule has 1 atom stereocenters. The van der Waals surface area contributed by atoms with Gasteiger partial charge >= 0.3 is 0 Å². The lowest BCUT2D eigenvalue weighted by Gasteiger charge is -2.22. The molecule has 21 heavy (non-hydrogen) atoms. The summed E-state index contributed by atoms with van der Waals surface area (Å²) in [4.78, 5) is 13.7. The third-order valence-electron chi connectivity index (χ3n) is 3.49. The molecule has 1 aromatic carbocycles. The Morgan fingerprint density at radius 2 is 2.14 bits per heavy atom. The number of hydrogen-bond acceptors (Lipinski definition) is 4. The SMILES string of the molecule is CCN(C)C(=O)C(C)NCc1cc(Cl)c2c(c1)OCCO2. The predicted molar refractivity (Wildman–Crippen MR) is 82.1 cm³/mol. The average molecular weight is 313 g/mol. The van der Waals surface area contributed by atoms with Crippen LogP contribution in [0.5, 0.6) is 11.5 Å². The van der Waals surface area contributed by atoms with E-state index in [0.717, 1.165) is 5.56 Å². The molecule has 116 valence electrons. The number of amides is 1. The van der Waals surface area contributed by atoms with Gasteiger partial charge in [0.2, 0.25) is 5.91 Å². The van der Waals surface area contributed by atoms with Crippen molar-refractivity contribution in [2.45, 2.75) is 26.4 Å². The van der Waals surface area contributed by atoms with Crippen molar-refractivity contribution in [3.05, 3.63) is 22.7 Å². The molecular weight excluding hydrogens is 292 g/mol. The van der Waals surface area contributed by atoms with E-state index < -0.39 is 0 Å². The molecule has 1 amide bonds. The van der Waals surface area contributed by atoms with Crippen LogP contribution < -0.4 is 14.8 Å². The molecule has 0 bridgehead atoms. The molecule has 1 unspecified atom stereocenters. The number of ether oxygens (including phenoxy) is 2. The van der Waals surface area contributed by atoms with Gasteiger partial charge in [-0.2, -0.15) is 0 Å². The van der Waals surface area contributed by atoms with Crippen LogP contribution in [-0.2, 0) is 11.3 Å². The van der Waals surface area contributed by atoms with Gasteiger partial charge in [-0.25, -0.2) is 0 Å². The van der Waals surface area contributed by atoms with E-state index in [-0.39, 0.29) is 11.9 Å². The Balaban J connectivity index is 2.00. The zero-order valence-electron chi connectivity index (χ0n) is 12.6. The third kappa shape index (κ3) is 3.80. The second-order valence-corrected chi connectivity index (χ2v) is 5.46. The zero-order valence-corrected chi connectivity index (χ0v) is 13.4. The number of likely N-dealkylation sites (N-methyl/N-ethyl adjacent to an activating group) is 1. The van der Waals surface area contributed by atoms with E-state index in [9.17, 15) is 4.79 Å². The fourth-order valence-corrected chi connectivity index (χ4v) is 2.40. The Hall–Kier alpha value is -1.46. The van der Waals surface area contributed by atoms with Gasteiger partial charge in [0.25, 0.3) is 0 Å². The number of nitrogens with one attached hydrogen (secondary N) is 1. The lowest BCUT2D eigenvalue weighted by Crippen LogP contribution is -2.42. The minimum absolute atomic E-state index is 0.0705. The number of hydrogen-bond donors (Lipinski definition) is 1. The van der Waals surface area contributed by atoms with E-state index in [1.807, 2.05) is 26.0 Å². The van der Waals surface area contributed by atoms with Crippen LogP contribution in [-0.4, -0.2) is 43.7 Å². The van der Waals surface area contributed by atoms with Crippen LogP contribution in [0.3, 0.4) is 0 Å². The van der Waals surface area contributed by atoms with E-state index in [4.69, 9.17) is 21.1 Å². The first-order valence-electron chi connectivity index (χ1n) is 7.09. The van der Waals surface area contributed by atoms with Crippen LogP contribution in [0.2, 0.25) is 5.02 Å². The number of carbonyl (C=O) groups excluding carboxylic acids is 1. The summed E-state index contributed by atoms with van der Waals surface area (Å²) in [5.41, 5.74) is 0.961. The van der Waals surface area contributed by atoms with Crippen LogP contribution in [0.1, 0.15) is 19.4 Å². The van der Waals surface area contributed by atoms with Gasteiger partial charge in [-0.05, 0) is 31.5 Å². The second kappa shape index (κ2) is 7.00. The highest BCUT2D eigenvalue weighted by atomic mass is 35.5. The summed E-state index contributed by atoms with van der Waals surface area (Å²) < 4.78 is 11.0. The maximum atomic E-state index is 12.0. The molecule has 0 aliphatic carbocycles. The minimum atomic E-state index is -0.248. The molecule has 0 aromatic heterocycles. The number of benzene rings is 1. The molecule has 1 N–H and O–H groups in total. The smallest absolute Gasteiger partial charge is 0.239 e. The number of carbonyl (C=O) groups is 1. The topological polar surface area (TPSA) is 50.8 Å². The number of rotatable bonds is 5. The maximum absolute atomic E-state index is 12.0. The second-order valence-electron chi connectivity index (χ2n) is 5.06. The molecule has 0 saturated carbocycles. The van der Waals surface area contributed by atoms with Gasteiger partial charge in [0.05, 0.1) is 11.1 Å². The van der Waals surface area contributed by atoms with Crippen LogP contribution in [0.15, 0.2) is 12.1 Å². The highest BCUT2D eigenvalue weighted by Crippen LogP contribution is 2.38. The van der Waals surface area contributed by atoms with Gasteiger partial charge in [0, 0.05) is 20.1 Å². The molecule has 0 fully saturated rings. The van der Waals surface area contributed by atoms with Gasteiger partial charge in [0.1, 0.15) is 13.2 Å². The normalized spacial score (nSPS) is 14.7. The molecule has 6 heteroatoms. The quantitative estimate of drug-likeness (QED) is 0.904. The fourth-order valence-electron chi connectivity index (χ4n) is 2.11. The monoisotopic (exact) mass is 312 g/mol. The van der Waals surface area contributed by atoms with Gasteiger partial charge in [-0.1, -0.05) is 11.6 Å². The Morgan fingerprint density at radius 1 is 1.43 bits per heavy atom. The molecule has 0 spiro atoms. The Kier molecular flexibility index (Phi) is 5.31. The summed E-state index contributed by atoms with van der Waals surface area (Å²) in [5, 5.41) is 3.74. The van der Waals surface area contributed by atoms with E-state index in [2.05, 4.69) is 5.32 Å². The number of fused-ring (bicyclic) bond motifs is 1. The number of halogens is 1. The van der Waals surface area contributed by atoms with E-state index in [0.29, 0.717) is 42.8 Å². The number of nitrogens with zero attached hydrogens (tertiary/aromatic N) is 1. The molecule has 1 aliphatic rings. The molecule has 1 heterocycles. The van der Waals surface area contributed by atoms with E-state index >= 15 is 0 Å². The molecule has 0 saturated heterocycles. The van der Waals surface area contributed by atoms with Crippen molar-refractivity contribution in [1.82, 2.24) is 10.2 Å². The molecule has 5 nitrogen and oxygen atoms in total. The zero-order chi connectivity index (χ0) is 15.4. The standard InChI is InChI=1S/C15H21ClN2O3/c1-4-18(3)15(19)10(2)17-9-11-7-12(16)14-13(8-11)20-5-6-21-14/h7-8,10,17H,4-6,9H2,1-3H3. The minimum Gasteiger partial charge on any atom is -0.486 e. The first-order valence-corrected chi connectivity index (χ1v) is 7.47. The fraction of sp³-hybridized carbons (Fsp3) is 0.533. The Morgan fingerprint density at radius 3 is 2.86 bits per heavy atom. The maximum Gasteiger partial charge on any atom is 0.239 e. The summed E-state index contributed by atoms with van der Waals surface area (Å²) in [6.45, 7) is 6.08. The molecule has 0 radical (unpaired) electrons. The third-order valence-corrected chi connectivity index (χ3v) is 3.77. The predicted octanol–water partition coefficient (Wildman–Crippen LogP) is 2.07. The summed E-state index contributed by atoms with van der Waals surface area (Å²) in [7, 11) is 1.79. The largest absolute Gasteiger partial charge is 0.486 e. The van der Waals surface area contributed by atoms with Gasteiger partial charge in [0.15, 0.2) is 11.5 Å². The lowest BCUT2D eigenvalue weighted by molar-refractivity contribution is -0.131. The van der Waals surface area contributed by atoms with Crippen molar-refractivity contribution in [3.63, 3.8) is 0 Å². The Labute approximate surface area is 130 Å². The molecular formula is C15H21ClN2O3. The van der Waals surface area contributed by atoms with Gasteiger partial charge in [-0.15, -0.1) is 0 Å². The summed E-state index contributed by atoms with van der Waals surface area (Å²) in [6.07, 6.45) is 0. The summed E-state index contributed by atoms with van der Waals surface area (Å²) in [5.74, 6) is 1.33.